The lowest BCUT2D eigenvalue weighted by Crippen LogP contribution is -2.32. The largest absolute Gasteiger partial charge is 0.497 e. The molecule has 128 valence electrons. The van der Waals surface area contributed by atoms with Crippen molar-refractivity contribution in [3.8, 4) is 11.5 Å². The number of rotatable bonds is 6. The van der Waals surface area contributed by atoms with Gasteiger partial charge in [0.25, 0.3) is 5.91 Å². The van der Waals surface area contributed by atoms with Crippen molar-refractivity contribution in [2.24, 2.45) is 0 Å². The molecule has 0 unspecified atom stereocenters. The van der Waals surface area contributed by atoms with E-state index in [-0.39, 0.29) is 11.9 Å². The van der Waals surface area contributed by atoms with Gasteiger partial charge >= 0.3 is 0 Å². The predicted octanol–water partition coefficient (Wildman–Crippen LogP) is 3.58. The molecule has 1 heterocycles. The zero-order valence-electron chi connectivity index (χ0n) is 13.8. The van der Waals surface area contributed by atoms with Crippen molar-refractivity contribution in [2.75, 3.05) is 19.5 Å². The van der Waals surface area contributed by atoms with Crippen LogP contribution in [-0.4, -0.2) is 31.2 Å². The standard InChI is InChI=1S/C17H21N3O3S/c1-22-12-7-8-13(15(9-12)23-2)19-17-20-14(10-24-17)16(21)18-11-5-3-4-6-11/h7-11H,3-6H2,1-2H3,(H,18,21)(H,19,20). The number of thiazole rings is 1. The molecule has 0 bridgehead atoms. The van der Waals surface area contributed by atoms with Gasteiger partial charge in [-0.25, -0.2) is 4.98 Å². The molecule has 0 saturated heterocycles. The van der Waals surface area contributed by atoms with Gasteiger partial charge in [-0.3, -0.25) is 4.79 Å². The minimum atomic E-state index is -0.104. The highest BCUT2D eigenvalue weighted by molar-refractivity contribution is 7.14. The fraction of sp³-hybridized carbons (Fsp3) is 0.412. The molecular weight excluding hydrogens is 326 g/mol. The summed E-state index contributed by atoms with van der Waals surface area (Å²) in [4.78, 5) is 16.6. The van der Waals surface area contributed by atoms with Crippen LogP contribution in [0.5, 0.6) is 11.5 Å². The van der Waals surface area contributed by atoms with Crippen LogP contribution in [0.2, 0.25) is 0 Å². The van der Waals surface area contributed by atoms with Crippen LogP contribution in [0.4, 0.5) is 10.8 Å². The van der Waals surface area contributed by atoms with Crippen molar-refractivity contribution >= 4 is 28.1 Å². The summed E-state index contributed by atoms with van der Waals surface area (Å²) in [5.74, 6) is 1.27. The number of hydrogen-bond donors (Lipinski definition) is 2. The Labute approximate surface area is 145 Å². The number of nitrogens with one attached hydrogen (secondary N) is 2. The van der Waals surface area contributed by atoms with Crippen LogP contribution in [0.15, 0.2) is 23.6 Å². The molecule has 3 rings (SSSR count). The smallest absolute Gasteiger partial charge is 0.271 e. The van der Waals surface area contributed by atoms with Crippen molar-refractivity contribution in [1.29, 1.82) is 0 Å². The van der Waals surface area contributed by atoms with Gasteiger partial charge in [0, 0.05) is 17.5 Å². The number of benzene rings is 1. The van der Waals surface area contributed by atoms with Gasteiger partial charge < -0.3 is 20.1 Å². The maximum absolute atomic E-state index is 12.2. The van der Waals surface area contributed by atoms with E-state index < -0.39 is 0 Å². The van der Waals surface area contributed by atoms with E-state index in [2.05, 4.69) is 15.6 Å². The molecule has 1 aromatic heterocycles. The molecule has 2 N–H and O–H groups in total. The number of amides is 1. The molecule has 1 aliphatic carbocycles. The highest BCUT2D eigenvalue weighted by Gasteiger charge is 2.19. The maximum atomic E-state index is 12.2. The van der Waals surface area contributed by atoms with Crippen LogP contribution in [0.3, 0.4) is 0 Å². The first-order valence-corrected chi connectivity index (χ1v) is 8.83. The van der Waals surface area contributed by atoms with E-state index in [1.54, 1.807) is 25.7 Å². The molecule has 7 heteroatoms. The molecule has 1 fully saturated rings. The molecule has 0 spiro atoms. The van der Waals surface area contributed by atoms with Gasteiger partial charge in [-0.1, -0.05) is 12.8 Å². The molecule has 0 atom stereocenters. The van der Waals surface area contributed by atoms with Crippen LogP contribution in [0.25, 0.3) is 0 Å². The van der Waals surface area contributed by atoms with E-state index >= 15 is 0 Å². The monoisotopic (exact) mass is 347 g/mol. The lowest BCUT2D eigenvalue weighted by atomic mass is 10.2. The Morgan fingerprint density at radius 3 is 2.75 bits per heavy atom. The summed E-state index contributed by atoms with van der Waals surface area (Å²) in [5, 5.41) is 8.65. The summed E-state index contributed by atoms with van der Waals surface area (Å²) >= 11 is 1.39. The van der Waals surface area contributed by atoms with E-state index in [1.165, 1.54) is 24.2 Å². The summed E-state index contributed by atoms with van der Waals surface area (Å²) in [6, 6.07) is 5.78. The van der Waals surface area contributed by atoms with Crippen molar-refractivity contribution in [3.63, 3.8) is 0 Å². The first-order chi connectivity index (χ1) is 11.7. The molecule has 1 aromatic carbocycles. The van der Waals surface area contributed by atoms with Crippen LogP contribution in [-0.2, 0) is 0 Å². The number of aromatic nitrogens is 1. The third kappa shape index (κ3) is 3.79. The second-order valence-electron chi connectivity index (χ2n) is 5.68. The quantitative estimate of drug-likeness (QED) is 0.836. The van der Waals surface area contributed by atoms with Gasteiger partial charge in [-0.05, 0) is 25.0 Å². The van der Waals surface area contributed by atoms with E-state index in [4.69, 9.17) is 9.47 Å². The second-order valence-corrected chi connectivity index (χ2v) is 6.54. The molecular formula is C17H21N3O3S. The van der Waals surface area contributed by atoms with Crippen molar-refractivity contribution in [2.45, 2.75) is 31.7 Å². The zero-order chi connectivity index (χ0) is 16.9. The number of anilines is 2. The lowest BCUT2D eigenvalue weighted by Gasteiger charge is -2.11. The van der Waals surface area contributed by atoms with Gasteiger partial charge in [0.15, 0.2) is 5.13 Å². The molecule has 1 aliphatic rings. The lowest BCUT2D eigenvalue weighted by molar-refractivity contribution is 0.0933. The fourth-order valence-corrected chi connectivity index (χ4v) is 3.48. The minimum absolute atomic E-state index is 0.104. The maximum Gasteiger partial charge on any atom is 0.271 e. The van der Waals surface area contributed by atoms with Crippen LogP contribution in [0, 0.1) is 0 Å². The van der Waals surface area contributed by atoms with Gasteiger partial charge in [0.05, 0.1) is 19.9 Å². The molecule has 2 aromatic rings. The van der Waals surface area contributed by atoms with Crippen molar-refractivity contribution < 1.29 is 14.3 Å². The van der Waals surface area contributed by atoms with Crippen LogP contribution in [0.1, 0.15) is 36.2 Å². The van der Waals surface area contributed by atoms with Gasteiger partial charge in [0.1, 0.15) is 17.2 Å². The first kappa shape index (κ1) is 16.6. The Morgan fingerprint density at radius 2 is 2.04 bits per heavy atom. The Balaban J connectivity index is 1.68. The van der Waals surface area contributed by atoms with Gasteiger partial charge in [0.2, 0.25) is 0 Å². The number of carbonyl (C=O) groups is 1. The summed E-state index contributed by atoms with van der Waals surface area (Å²) in [7, 11) is 3.21. The van der Waals surface area contributed by atoms with E-state index in [0.717, 1.165) is 18.5 Å². The number of ether oxygens (including phenoxy) is 2. The Kier molecular flexibility index (Phi) is 5.20. The number of hydrogen-bond acceptors (Lipinski definition) is 6. The topological polar surface area (TPSA) is 72.5 Å². The molecule has 6 nitrogen and oxygen atoms in total. The first-order valence-electron chi connectivity index (χ1n) is 7.95. The summed E-state index contributed by atoms with van der Waals surface area (Å²) in [6.45, 7) is 0. The SMILES string of the molecule is COc1ccc(Nc2nc(C(=O)NC3CCCC3)cs2)c(OC)c1. The molecule has 24 heavy (non-hydrogen) atoms. The Morgan fingerprint density at radius 1 is 1.25 bits per heavy atom. The minimum Gasteiger partial charge on any atom is -0.497 e. The molecule has 0 aliphatic heterocycles. The normalized spacial score (nSPS) is 14.4. The second kappa shape index (κ2) is 7.53. The van der Waals surface area contributed by atoms with Crippen LogP contribution < -0.4 is 20.1 Å². The number of nitrogens with zero attached hydrogens (tertiary/aromatic N) is 1. The van der Waals surface area contributed by atoms with Gasteiger partial charge in [-0.2, -0.15) is 0 Å². The highest BCUT2D eigenvalue weighted by Crippen LogP contribution is 2.32. The Bertz CT molecular complexity index is 711. The fourth-order valence-electron chi connectivity index (χ4n) is 2.78. The molecule has 1 saturated carbocycles. The zero-order valence-corrected chi connectivity index (χ0v) is 14.6. The summed E-state index contributed by atoms with van der Waals surface area (Å²) in [5.41, 5.74) is 1.22. The van der Waals surface area contributed by atoms with Gasteiger partial charge in [-0.15, -0.1) is 11.3 Å². The number of carbonyl (C=O) groups excluding carboxylic acids is 1. The van der Waals surface area contributed by atoms with Crippen molar-refractivity contribution in [3.05, 3.63) is 29.3 Å². The predicted molar refractivity (Wildman–Crippen MR) is 94.7 cm³/mol. The summed E-state index contributed by atoms with van der Waals surface area (Å²) < 4.78 is 10.5. The summed E-state index contributed by atoms with van der Waals surface area (Å²) in [6.07, 6.45) is 4.49. The Hall–Kier alpha value is -2.28. The number of methoxy groups -OCH3 is 2. The van der Waals surface area contributed by atoms with Crippen LogP contribution >= 0.6 is 11.3 Å². The van der Waals surface area contributed by atoms with E-state index in [0.29, 0.717) is 22.3 Å². The van der Waals surface area contributed by atoms with E-state index in [9.17, 15) is 4.79 Å². The average Bonchev–Trinajstić information content (AvgIpc) is 3.27. The highest BCUT2D eigenvalue weighted by atomic mass is 32.1. The molecule has 1 amide bonds. The average molecular weight is 347 g/mol. The molecule has 0 radical (unpaired) electrons. The third-order valence-electron chi connectivity index (χ3n) is 4.08. The van der Waals surface area contributed by atoms with Crippen molar-refractivity contribution in [1.82, 2.24) is 10.3 Å². The van der Waals surface area contributed by atoms with E-state index in [1.807, 2.05) is 12.1 Å². The third-order valence-corrected chi connectivity index (χ3v) is 4.84.